The zero-order valence-corrected chi connectivity index (χ0v) is 18.1. The number of anilines is 1. The molecule has 0 fully saturated rings. The van der Waals surface area contributed by atoms with Crippen molar-refractivity contribution in [1.82, 2.24) is 9.55 Å². The smallest absolute Gasteiger partial charge is 0.325 e. The maximum absolute atomic E-state index is 13.2. The van der Waals surface area contributed by atoms with Gasteiger partial charge in [0.05, 0.1) is 29.1 Å². The number of aromatic nitrogens is 2. The molecule has 1 N–H and O–H groups in total. The highest BCUT2D eigenvalue weighted by molar-refractivity contribution is 7.99. The molecule has 0 bridgehead atoms. The molecule has 0 saturated carbocycles. The van der Waals surface area contributed by atoms with Gasteiger partial charge in [0.1, 0.15) is 4.70 Å². The molecule has 0 aliphatic heterocycles. The number of halogens is 3. The number of thioether (sulfide) groups is 1. The number of carbonyl (C=O) groups excluding carboxylic acids is 1. The van der Waals surface area contributed by atoms with E-state index in [1.54, 1.807) is 11.4 Å². The molecule has 32 heavy (non-hydrogen) atoms. The normalized spacial score (nSPS) is 11.6. The summed E-state index contributed by atoms with van der Waals surface area (Å²) in [6.07, 6.45) is -4.58. The van der Waals surface area contributed by atoms with Crippen LogP contribution in [-0.4, -0.2) is 21.2 Å². The second kappa shape index (κ2) is 9.17. The minimum absolute atomic E-state index is 0.205. The van der Waals surface area contributed by atoms with Crippen molar-refractivity contribution in [1.29, 1.82) is 0 Å². The third-order valence-electron chi connectivity index (χ3n) is 4.55. The second-order valence-corrected chi connectivity index (χ2v) is 8.65. The van der Waals surface area contributed by atoms with Gasteiger partial charge in [-0.2, -0.15) is 13.2 Å². The number of carbonyl (C=O) groups is 1. The Morgan fingerprint density at radius 2 is 1.78 bits per heavy atom. The van der Waals surface area contributed by atoms with E-state index in [4.69, 9.17) is 0 Å². The van der Waals surface area contributed by atoms with Gasteiger partial charge in [0.25, 0.3) is 5.56 Å². The summed E-state index contributed by atoms with van der Waals surface area (Å²) >= 11 is 2.29. The first kappa shape index (κ1) is 22.1. The standard InChI is InChI=1S/C22H16F3N3O2S2/c23-22(24,25)15-8-4-5-9-16(15)26-18(29)13-32-21-27-17-10-11-31-19(17)20(30)28(21)12-14-6-2-1-3-7-14/h1-11H,12-13H2,(H,26,29). The topological polar surface area (TPSA) is 64.0 Å². The van der Waals surface area contributed by atoms with E-state index >= 15 is 0 Å². The van der Waals surface area contributed by atoms with Gasteiger partial charge >= 0.3 is 6.18 Å². The Hall–Kier alpha value is -3.11. The number of hydrogen-bond donors (Lipinski definition) is 1. The molecule has 4 rings (SSSR count). The van der Waals surface area contributed by atoms with Gasteiger partial charge in [-0.05, 0) is 29.1 Å². The average molecular weight is 476 g/mol. The van der Waals surface area contributed by atoms with E-state index in [1.807, 2.05) is 30.3 Å². The highest BCUT2D eigenvalue weighted by Gasteiger charge is 2.33. The molecule has 0 spiro atoms. The molecule has 0 aliphatic rings. The van der Waals surface area contributed by atoms with E-state index in [1.165, 1.54) is 34.1 Å². The van der Waals surface area contributed by atoms with Gasteiger partial charge < -0.3 is 5.32 Å². The van der Waals surface area contributed by atoms with Crippen LogP contribution in [0.25, 0.3) is 10.2 Å². The Labute approximate surface area is 188 Å². The van der Waals surface area contributed by atoms with Crippen molar-refractivity contribution in [2.45, 2.75) is 17.9 Å². The summed E-state index contributed by atoms with van der Waals surface area (Å²) in [7, 11) is 0. The van der Waals surface area contributed by atoms with Gasteiger partial charge in [-0.1, -0.05) is 54.2 Å². The van der Waals surface area contributed by atoms with Gasteiger partial charge in [0.2, 0.25) is 5.91 Å². The molecule has 0 radical (unpaired) electrons. The van der Waals surface area contributed by atoms with Crippen molar-refractivity contribution in [2.75, 3.05) is 11.1 Å². The number of benzene rings is 2. The van der Waals surface area contributed by atoms with Gasteiger partial charge in [-0.3, -0.25) is 14.2 Å². The van der Waals surface area contributed by atoms with Crippen molar-refractivity contribution in [3.05, 3.63) is 87.5 Å². The number of nitrogens with one attached hydrogen (secondary N) is 1. The lowest BCUT2D eigenvalue weighted by Crippen LogP contribution is -2.24. The number of amides is 1. The number of hydrogen-bond acceptors (Lipinski definition) is 5. The molecule has 0 aliphatic carbocycles. The molecule has 2 aromatic heterocycles. The van der Waals surface area contributed by atoms with Crippen LogP contribution in [0, 0.1) is 0 Å². The van der Waals surface area contributed by atoms with E-state index in [2.05, 4.69) is 10.3 Å². The molecule has 10 heteroatoms. The summed E-state index contributed by atoms with van der Waals surface area (Å²) < 4.78 is 41.5. The lowest BCUT2D eigenvalue weighted by atomic mass is 10.1. The summed E-state index contributed by atoms with van der Waals surface area (Å²) in [4.78, 5) is 29.9. The lowest BCUT2D eigenvalue weighted by molar-refractivity contribution is -0.137. The minimum Gasteiger partial charge on any atom is -0.325 e. The number of fused-ring (bicyclic) bond motifs is 1. The molecular formula is C22H16F3N3O2S2. The average Bonchev–Trinajstić information content (AvgIpc) is 3.24. The second-order valence-electron chi connectivity index (χ2n) is 6.79. The maximum atomic E-state index is 13.2. The number of para-hydroxylation sites is 1. The molecular weight excluding hydrogens is 459 g/mol. The molecule has 0 saturated heterocycles. The van der Waals surface area contributed by atoms with E-state index in [0.717, 1.165) is 23.4 Å². The van der Waals surface area contributed by atoms with Crippen molar-refractivity contribution in [3.63, 3.8) is 0 Å². The largest absolute Gasteiger partial charge is 0.418 e. The maximum Gasteiger partial charge on any atom is 0.418 e. The fourth-order valence-corrected chi connectivity index (χ4v) is 4.67. The number of nitrogens with zero attached hydrogens (tertiary/aromatic N) is 2. The van der Waals surface area contributed by atoms with Crippen LogP contribution in [-0.2, 0) is 17.5 Å². The number of thiophene rings is 1. The van der Waals surface area contributed by atoms with Crippen LogP contribution in [0.4, 0.5) is 18.9 Å². The van der Waals surface area contributed by atoms with E-state index in [0.29, 0.717) is 15.4 Å². The SMILES string of the molecule is O=C(CSc1nc2ccsc2c(=O)n1Cc1ccccc1)Nc1ccccc1C(F)(F)F. The lowest BCUT2D eigenvalue weighted by Gasteiger charge is -2.14. The molecule has 164 valence electrons. The first-order chi connectivity index (χ1) is 15.3. The number of rotatable bonds is 6. The van der Waals surface area contributed by atoms with Crippen LogP contribution in [0.3, 0.4) is 0 Å². The van der Waals surface area contributed by atoms with E-state index in [9.17, 15) is 22.8 Å². The van der Waals surface area contributed by atoms with E-state index < -0.39 is 17.6 Å². The van der Waals surface area contributed by atoms with Gasteiger partial charge in [0.15, 0.2) is 5.16 Å². The van der Waals surface area contributed by atoms with Crippen LogP contribution < -0.4 is 10.9 Å². The van der Waals surface area contributed by atoms with Gasteiger partial charge in [-0.25, -0.2) is 4.98 Å². The van der Waals surface area contributed by atoms with Gasteiger partial charge in [-0.15, -0.1) is 11.3 Å². The predicted molar refractivity (Wildman–Crippen MR) is 120 cm³/mol. The third kappa shape index (κ3) is 4.86. The van der Waals surface area contributed by atoms with Crippen LogP contribution in [0.5, 0.6) is 0 Å². The Bertz CT molecular complexity index is 1320. The quantitative estimate of drug-likeness (QED) is 0.305. The van der Waals surface area contributed by atoms with Crippen LogP contribution in [0.15, 0.2) is 76.0 Å². The Morgan fingerprint density at radius 3 is 2.53 bits per heavy atom. The Morgan fingerprint density at radius 1 is 1.06 bits per heavy atom. The fourth-order valence-electron chi connectivity index (χ4n) is 3.09. The Kier molecular flexibility index (Phi) is 6.33. The first-order valence-electron chi connectivity index (χ1n) is 9.44. The number of alkyl halides is 3. The van der Waals surface area contributed by atoms with Crippen molar-refractivity contribution >= 4 is 44.9 Å². The highest BCUT2D eigenvalue weighted by Crippen LogP contribution is 2.34. The van der Waals surface area contributed by atoms with Gasteiger partial charge in [0, 0.05) is 0 Å². The Balaban J connectivity index is 1.57. The third-order valence-corrected chi connectivity index (χ3v) is 6.42. The summed E-state index contributed by atoms with van der Waals surface area (Å²) in [5.74, 6) is -0.832. The highest BCUT2D eigenvalue weighted by atomic mass is 32.2. The van der Waals surface area contributed by atoms with Crippen molar-refractivity contribution in [3.8, 4) is 0 Å². The fraction of sp³-hybridized carbons (Fsp3) is 0.136. The monoisotopic (exact) mass is 475 g/mol. The predicted octanol–water partition coefficient (Wildman–Crippen LogP) is 5.26. The zero-order valence-electron chi connectivity index (χ0n) is 16.4. The van der Waals surface area contributed by atoms with Crippen LogP contribution >= 0.6 is 23.1 Å². The first-order valence-corrected chi connectivity index (χ1v) is 11.3. The summed E-state index contributed by atoms with van der Waals surface area (Å²) in [5.41, 5.74) is -0.0443. The minimum atomic E-state index is -4.58. The summed E-state index contributed by atoms with van der Waals surface area (Å²) in [6, 6.07) is 15.8. The molecule has 0 unspecified atom stereocenters. The van der Waals surface area contributed by atoms with Crippen LogP contribution in [0.2, 0.25) is 0 Å². The van der Waals surface area contributed by atoms with E-state index in [-0.39, 0.29) is 23.5 Å². The molecule has 4 aromatic rings. The zero-order chi connectivity index (χ0) is 22.7. The molecule has 1 amide bonds. The molecule has 0 atom stereocenters. The summed E-state index contributed by atoms with van der Waals surface area (Å²) in [6.45, 7) is 0.265. The van der Waals surface area contributed by atoms with Crippen molar-refractivity contribution < 1.29 is 18.0 Å². The molecule has 2 aromatic carbocycles. The van der Waals surface area contributed by atoms with Crippen molar-refractivity contribution in [2.24, 2.45) is 0 Å². The summed E-state index contributed by atoms with van der Waals surface area (Å²) in [5, 5.41) is 4.40. The molecule has 5 nitrogen and oxygen atoms in total. The van der Waals surface area contributed by atoms with Crippen LogP contribution in [0.1, 0.15) is 11.1 Å². The molecule has 2 heterocycles.